The second-order valence-corrected chi connectivity index (χ2v) is 8.95. The molecule has 2 N–H and O–H groups in total. The molecule has 4 aromatic rings. The van der Waals surface area contributed by atoms with E-state index in [4.69, 9.17) is 5.11 Å². The quantitative estimate of drug-likeness (QED) is 0.401. The molecule has 4 heterocycles. The van der Waals surface area contributed by atoms with Crippen molar-refractivity contribution in [1.82, 2.24) is 24.5 Å². The van der Waals surface area contributed by atoms with Gasteiger partial charge in [0.15, 0.2) is 5.82 Å². The minimum atomic E-state index is -1.24. The predicted molar refractivity (Wildman–Crippen MR) is 131 cm³/mol. The van der Waals surface area contributed by atoms with Crippen molar-refractivity contribution < 1.29 is 18.7 Å². The van der Waals surface area contributed by atoms with Gasteiger partial charge in [-0.05, 0) is 42.5 Å². The highest BCUT2D eigenvalue weighted by Crippen LogP contribution is 2.35. The average molecular weight is 494 g/mol. The van der Waals surface area contributed by atoms with Crippen LogP contribution in [0.15, 0.2) is 43.1 Å². The van der Waals surface area contributed by atoms with Crippen LogP contribution in [0.2, 0.25) is 0 Å². The molecule has 0 saturated carbocycles. The van der Waals surface area contributed by atoms with Crippen LogP contribution in [0.1, 0.15) is 42.2 Å². The highest BCUT2D eigenvalue weighted by atomic mass is 19.1. The number of piperidine rings is 1. The van der Waals surface area contributed by atoms with E-state index >= 15 is 4.39 Å². The number of hydrogen-bond donors (Lipinski definition) is 2. The van der Waals surface area contributed by atoms with Gasteiger partial charge < -0.3 is 19.9 Å². The van der Waals surface area contributed by atoms with Crippen LogP contribution in [0.3, 0.4) is 0 Å². The molecule has 0 aliphatic carbocycles. The normalized spacial score (nSPS) is 17.9. The second-order valence-electron chi connectivity index (χ2n) is 8.95. The summed E-state index contributed by atoms with van der Waals surface area (Å²) in [5.74, 6) is -1.60. The van der Waals surface area contributed by atoms with E-state index in [2.05, 4.69) is 44.0 Å². The lowest BCUT2D eigenvalue weighted by Crippen LogP contribution is -2.41. The molecule has 2 atom stereocenters. The van der Waals surface area contributed by atoms with Crippen LogP contribution in [0.25, 0.3) is 11.0 Å². The van der Waals surface area contributed by atoms with Crippen LogP contribution in [0, 0.1) is 17.6 Å². The summed E-state index contributed by atoms with van der Waals surface area (Å²) in [7, 11) is 0. The third-order valence-corrected chi connectivity index (χ3v) is 6.63. The summed E-state index contributed by atoms with van der Waals surface area (Å²) < 4.78 is 31.5. The van der Waals surface area contributed by atoms with Crippen LogP contribution in [0.4, 0.5) is 26.2 Å². The average Bonchev–Trinajstić information content (AvgIpc) is 3.22. The largest absolute Gasteiger partial charge is 0.478 e. The van der Waals surface area contributed by atoms with Crippen molar-refractivity contribution in [3.05, 3.63) is 65.9 Å². The molecule has 1 aliphatic rings. The molecule has 1 aliphatic heterocycles. The van der Waals surface area contributed by atoms with E-state index in [0.29, 0.717) is 24.7 Å². The number of nitrogens with one attached hydrogen (secondary N) is 1. The summed E-state index contributed by atoms with van der Waals surface area (Å²) >= 11 is 0. The zero-order chi connectivity index (χ0) is 25.4. The maximum atomic E-state index is 15.2. The van der Waals surface area contributed by atoms with Gasteiger partial charge >= 0.3 is 5.97 Å². The number of fused-ring (bicyclic) bond motifs is 1. The minimum Gasteiger partial charge on any atom is -0.478 e. The summed E-state index contributed by atoms with van der Waals surface area (Å²) in [5.41, 5.74) is 1.29. The fourth-order valence-corrected chi connectivity index (χ4v) is 4.69. The van der Waals surface area contributed by atoms with Crippen molar-refractivity contribution in [3.63, 3.8) is 0 Å². The number of halogens is 2. The first-order valence-electron chi connectivity index (χ1n) is 11.7. The predicted octanol–water partition coefficient (Wildman–Crippen LogP) is 4.59. The fourth-order valence-electron chi connectivity index (χ4n) is 4.69. The Morgan fingerprint density at radius 3 is 2.61 bits per heavy atom. The first-order valence-corrected chi connectivity index (χ1v) is 11.7. The Labute approximate surface area is 205 Å². The molecule has 1 aromatic carbocycles. The highest BCUT2D eigenvalue weighted by molar-refractivity contribution is 5.91. The molecule has 0 radical (unpaired) electrons. The van der Waals surface area contributed by atoms with E-state index in [1.54, 1.807) is 0 Å². The number of aryl methyl sites for hydroxylation is 1. The van der Waals surface area contributed by atoms with Crippen molar-refractivity contribution in [1.29, 1.82) is 0 Å². The van der Waals surface area contributed by atoms with Crippen LogP contribution >= 0.6 is 0 Å². The Morgan fingerprint density at radius 2 is 1.94 bits per heavy atom. The van der Waals surface area contributed by atoms with Crippen LogP contribution in [-0.4, -0.2) is 48.7 Å². The maximum absolute atomic E-state index is 15.2. The topological polar surface area (TPSA) is 109 Å². The van der Waals surface area contributed by atoms with E-state index < -0.39 is 17.6 Å². The summed E-state index contributed by atoms with van der Waals surface area (Å²) in [5, 5.41) is 12.0. The second kappa shape index (κ2) is 9.48. The monoisotopic (exact) mass is 493 g/mol. The zero-order valence-corrected chi connectivity index (χ0v) is 19.8. The van der Waals surface area contributed by atoms with Crippen molar-refractivity contribution in [2.45, 2.75) is 32.7 Å². The third-order valence-electron chi connectivity index (χ3n) is 6.63. The van der Waals surface area contributed by atoms with Crippen molar-refractivity contribution in [3.8, 4) is 0 Å². The first-order chi connectivity index (χ1) is 17.4. The number of aromatic nitrogens is 5. The Morgan fingerprint density at radius 1 is 1.17 bits per heavy atom. The number of carbonyl (C=O) groups is 1. The zero-order valence-electron chi connectivity index (χ0n) is 19.8. The molecule has 0 amide bonds. The summed E-state index contributed by atoms with van der Waals surface area (Å²) in [6, 6.07) is 3.44. The van der Waals surface area contributed by atoms with Crippen LogP contribution < -0.4 is 10.2 Å². The number of carboxylic acid groups (broad SMARTS) is 1. The molecule has 36 heavy (non-hydrogen) atoms. The van der Waals surface area contributed by atoms with Crippen molar-refractivity contribution >= 4 is 34.5 Å². The van der Waals surface area contributed by atoms with Gasteiger partial charge in [0, 0.05) is 37.7 Å². The molecule has 186 valence electrons. The van der Waals surface area contributed by atoms with E-state index in [9.17, 15) is 9.18 Å². The van der Waals surface area contributed by atoms with Gasteiger partial charge in [-0.1, -0.05) is 13.8 Å². The van der Waals surface area contributed by atoms with Crippen LogP contribution in [0.5, 0.6) is 0 Å². The molecule has 1 saturated heterocycles. The van der Waals surface area contributed by atoms with Gasteiger partial charge in [-0.25, -0.2) is 33.5 Å². The van der Waals surface area contributed by atoms with Gasteiger partial charge in [-0.3, -0.25) is 0 Å². The number of nitrogens with zero attached hydrogens (tertiary/aromatic N) is 6. The molecule has 5 rings (SSSR count). The molecule has 9 nitrogen and oxygen atoms in total. The molecule has 0 unspecified atom stereocenters. The molecule has 0 spiro atoms. The van der Waals surface area contributed by atoms with E-state index in [1.165, 1.54) is 24.7 Å². The summed E-state index contributed by atoms with van der Waals surface area (Å²) in [6.45, 7) is 5.57. The summed E-state index contributed by atoms with van der Waals surface area (Å²) in [4.78, 5) is 30.6. The van der Waals surface area contributed by atoms with Gasteiger partial charge in [-0.2, -0.15) is 0 Å². The van der Waals surface area contributed by atoms with E-state index in [-0.39, 0.29) is 34.4 Å². The molecular formula is C25H25F2N7O2. The Bertz CT molecular complexity index is 1420. The van der Waals surface area contributed by atoms with E-state index in [0.717, 1.165) is 24.5 Å². The lowest BCUT2D eigenvalue weighted by Gasteiger charge is -2.37. The SMILES string of the molecule is CCc1cnc(N2CC[C@@H](n3cc(F)c4c(Nc5ccc(C(=O)O)cc5F)ncnc43)[C@H](C)C2)nc1. The molecule has 1 fully saturated rings. The van der Waals surface area contributed by atoms with Crippen molar-refractivity contribution in [2.75, 3.05) is 23.3 Å². The number of anilines is 3. The molecule has 11 heteroatoms. The Balaban J connectivity index is 1.41. The number of hydrogen-bond acceptors (Lipinski definition) is 7. The summed E-state index contributed by atoms with van der Waals surface area (Å²) in [6.07, 6.45) is 8.02. The maximum Gasteiger partial charge on any atom is 0.335 e. The lowest BCUT2D eigenvalue weighted by atomic mass is 9.94. The standard InChI is InChI=1S/C25H25F2N7O2/c1-3-15-9-28-25(29-10-15)33-7-6-20(14(2)11-33)34-12-18(27)21-22(30-13-31-23(21)34)32-19-5-4-16(24(35)36)8-17(19)26/h4-5,8-10,12-14,20H,3,6-7,11H2,1-2H3,(H,35,36)(H,30,31,32)/t14-,20-/m1/s1. The van der Waals surface area contributed by atoms with Gasteiger partial charge in [0.1, 0.15) is 23.6 Å². The minimum absolute atomic E-state index is 0.0112. The molecular weight excluding hydrogens is 468 g/mol. The van der Waals surface area contributed by atoms with Gasteiger partial charge in [0.05, 0.1) is 16.6 Å². The Hall–Kier alpha value is -4.15. The van der Waals surface area contributed by atoms with Gasteiger partial charge in [-0.15, -0.1) is 0 Å². The Kier molecular flexibility index (Phi) is 6.21. The number of carboxylic acids is 1. The van der Waals surface area contributed by atoms with Crippen molar-refractivity contribution in [2.24, 2.45) is 5.92 Å². The number of rotatable bonds is 6. The van der Waals surface area contributed by atoms with E-state index in [1.807, 2.05) is 17.0 Å². The lowest BCUT2D eigenvalue weighted by molar-refractivity contribution is 0.0696. The molecule has 3 aromatic heterocycles. The number of aromatic carboxylic acids is 1. The van der Waals surface area contributed by atoms with Gasteiger partial charge in [0.2, 0.25) is 5.95 Å². The third kappa shape index (κ3) is 4.32. The fraction of sp³-hybridized carbons (Fsp3) is 0.320. The highest BCUT2D eigenvalue weighted by Gasteiger charge is 2.31. The number of benzene rings is 1. The van der Waals surface area contributed by atoms with Crippen LogP contribution in [-0.2, 0) is 6.42 Å². The first kappa shape index (κ1) is 23.6. The van der Waals surface area contributed by atoms with Gasteiger partial charge in [0.25, 0.3) is 0 Å². The molecule has 0 bridgehead atoms. The smallest absolute Gasteiger partial charge is 0.335 e.